The highest BCUT2D eigenvalue weighted by Gasteiger charge is 2.03. The summed E-state index contributed by atoms with van der Waals surface area (Å²) in [7, 11) is 0. The molecule has 2 aromatic heterocycles. The smallest absolute Gasteiger partial charge is 0.128 e. The molecular weight excluding hydrogens is 339 g/mol. The van der Waals surface area contributed by atoms with Crippen LogP contribution in [0.25, 0.3) is 10.2 Å². The first kappa shape index (κ1) is 7.88. The van der Waals surface area contributed by atoms with Gasteiger partial charge in [0.15, 0.2) is 0 Å². The highest BCUT2D eigenvalue weighted by molar-refractivity contribution is 14.1. The SMILES string of the molecule is Brc1cc2c(I)ncnc2s1. The van der Waals surface area contributed by atoms with E-state index in [4.69, 9.17) is 0 Å². The second kappa shape index (κ2) is 2.95. The average Bonchev–Trinajstić information content (AvgIpc) is 2.31. The van der Waals surface area contributed by atoms with Crippen molar-refractivity contribution in [2.75, 3.05) is 0 Å². The van der Waals surface area contributed by atoms with E-state index in [9.17, 15) is 0 Å². The van der Waals surface area contributed by atoms with Crippen LogP contribution in [0.2, 0.25) is 0 Å². The molecule has 0 unspecified atom stereocenters. The largest absolute Gasteiger partial charge is 0.230 e. The summed E-state index contributed by atoms with van der Waals surface area (Å²) in [6, 6.07) is 2.04. The number of fused-ring (bicyclic) bond motifs is 1. The van der Waals surface area contributed by atoms with Gasteiger partial charge in [0, 0.05) is 5.39 Å². The van der Waals surface area contributed by atoms with Gasteiger partial charge in [-0.1, -0.05) is 0 Å². The van der Waals surface area contributed by atoms with Crippen LogP contribution in [0, 0.1) is 3.70 Å². The van der Waals surface area contributed by atoms with E-state index in [1.807, 2.05) is 6.07 Å². The maximum atomic E-state index is 4.14. The van der Waals surface area contributed by atoms with Crippen molar-refractivity contribution in [3.8, 4) is 0 Å². The first-order valence-corrected chi connectivity index (χ1v) is 5.52. The van der Waals surface area contributed by atoms with E-state index in [1.165, 1.54) is 0 Å². The van der Waals surface area contributed by atoms with Crippen LogP contribution in [0.5, 0.6) is 0 Å². The molecule has 0 aliphatic heterocycles. The first-order chi connectivity index (χ1) is 5.27. The van der Waals surface area contributed by atoms with Crippen molar-refractivity contribution in [1.29, 1.82) is 0 Å². The zero-order chi connectivity index (χ0) is 7.84. The van der Waals surface area contributed by atoms with Crippen LogP contribution in [-0.2, 0) is 0 Å². The highest BCUT2D eigenvalue weighted by Crippen LogP contribution is 2.29. The summed E-state index contributed by atoms with van der Waals surface area (Å²) in [6.45, 7) is 0. The van der Waals surface area contributed by atoms with Gasteiger partial charge in [0.05, 0.1) is 3.79 Å². The van der Waals surface area contributed by atoms with E-state index in [1.54, 1.807) is 17.7 Å². The Hall–Kier alpha value is 0.250. The molecular formula is C6H2BrIN2S. The van der Waals surface area contributed by atoms with E-state index < -0.39 is 0 Å². The Bertz CT molecular complexity index is 400. The first-order valence-electron chi connectivity index (χ1n) is 2.83. The molecule has 2 aromatic rings. The molecule has 0 saturated carbocycles. The standard InChI is InChI=1S/C6H2BrIN2S/c7-4-1-3-5(8)9-2-10-6(3)11-4/h1-2H. The van der Waals surface area contributed by atoms with Crippen molar-refractivity contribution < 1.29 is 0 Å². The molecule has 0 atom stereocenters. The van der Waals surface area contributed by atoms with Gasteiger partial charge in [-0.2, -0.15) is 0 Å². The lowest BCUT2D eigenvalue weighted by molar-refractivity contribution is 1.20. The third-order valence-electron chi connectivity index (χ3n) is 1.25. The molecule has 0 radical (unpaired) electrons. The van der Waals surface area contributed by atoms with Crippen LogP contribution in [0.1, 0.15) is 0 Å². The van der Waals surface area contributed by atoms with Crippen molar-refractivity contribution in [1.82, 2.24) is 9.97 Å². The van der Waals surface area contributed by atoms with Crippen LogP contribution in [0.3, 0.4) is 0 Å². The molecule has 0 aliphatic carbocycles. The number of halogens is 2. The molecule has 0 spiro atoms. The van der Waals surface area contributed by atoms with Crippen molar-refractivity contribution in [2.24, 2.45) is 0 Å². The topological polar surface area (TPSA) is 25.8 Å². The summed E-state index contributed by atoms with van der Waals surface area (Å²) in [6.07, 6.45) is 1.59. The fourth-order valence-corrected chi connectivity index (χ4v) is 2.93. The van der Waals surface area contributed by atoms with Crippen molar-refractivity contribution in [3.63, 3.8) is 0 Å². The minimum Gasteiger partial charge on any atom is -0.230 e. The molecule has 2 rings (SSSR count). The predicted octanol–water partition coefficient (Wildman–Crippen LogP) is 3.06. The normalized spacial score (nSPS) is 10.7. The van der Waals surface area contributed by atoms with Gasteiger partial charge in [-0.15, -0.1) is 11.3 Å². The Morgan fingerprint density at radius 3 is 3.00 bits per heavy atom. The molecule has 0 bridgehead atoms. The Morgan fingerprint density at radius 1 is 1.45 bits per heavy atom. The summed E-state index contributed by atoms with van der Waals surface area (Å²) >= 11 is 7.24. The van der Waals surface area contributed by atoms with Gasteiger partial charge in [0.1, 0.15) is 14.9 Å². The summed E-state index contributed by atoms with van der Waals surface area (Å²) in [5.41, 5.74) is 0. The third-order valence-corrected chi connectivity index (χ3v) is 3.66. The Morgan fingerprint density at radius 2 is 2.27 bits per heavy atom. The zero-order valence-corrected chi connectivity index (χ0v) is 9.77. The minimum atomic E-state index is 1.01. The van der Waals surface area contributed by atoms with Crippen LogP contribution in [0.15, 0.2) is 16.2 Å². The fourth-order valence-electron chi connectivity index (χ4n) is 0.797. The fraction of sp³-hybridized carbons (Fsp3) is 0. The van der Waals surface area contributed by atoms with Gasteiger partial charge in [-0.25, -0.2) is 9.97 Å². The van der Waals surface area contributed by atoms with E-state index in [0.29, 0.717) is 0 Å². The lowest BCUT2D eigenvalue weighted by Crippen LogP contribution is -1.80. The number of nitrogens with zero attached hydrogens (tertiary/aromatic N) is 2. The third kappa shape index (κ3) is 1.41. The van der Waals surface area contributed by atoms with E-state index in [2.05, 4.69) is 48.5 Å². The number of aromatic nitrogens is 2. The second-order valence-electron chi connectivity index (χ2n) is 1.93. The molecule has 5 heteroatoms. The summed E-state index contributed by atoms with van der Waals surface area (Å²) in [5, 5.41) is 1.13. The Balaban J connectivity index is 2.90. The summed E-state index contributed by atoms with van der Waals surface area (Å²) < 4.78 is 2.11. The molecule has 0 N–H and O–H groups in total. The van der Waals surface area contributed by atoms with Gasteiger partial charge in [-0.3, -0.25) is 0 Å². The molecule has 0 amide bonds. The lowest BCUT2D eigenvalue weighted by atomic mass is 10.4. The Labute approximate surface area is 89.3 Å². The number of hydrogen-bond acceptors (Lipinski definition) is 3. The monoisotopic (exact) mass is 340 g/mol. The van der Waals surface area contributed by atoms with Crippen LogP contribution in [-0.4, -0.2) is 9.97 Å². The molecule has 0 fully saturated rings. The number of rotatable bonds is 0. The molecule has 11 heavy (non-hydrogen) atoms. The zero-order valence-electron chi connectivity index (χ0n) is 5.21. The molecule has 2 nitrogen and oxygen atoms in total. The number of hydrogen-bond donors (Lipinski definition) is 0. The van der Waals surface area contributed by atoms with E-state index >= 15 is 0 Å². The quantitative estimate of drug-likeness (QED) is 0.544. The van der Waals surface area contributed by atoms with Gasteiger partial charge >= 0.3 is 0 Å². The Kier molecular flexibility index (Phi) is 2.11. The van der Waals surface area contributed by atoms with Gasteiger partial charge in [-0.05, 0) is 44.6 Å². The molecule has 0 aromatic carbocycles. The van der Waals surface area contributed by atoms with Crippen LogP contribution < -0.4 is 0 Å². The number of thiophene rings is 1. The summed E-state index contributed by atoms with van der Waals surface area (Å²) in [4.78, 5) is 9.26. The van der Waals surface area contributed by atoms with E-state index in [-0.39, 0.29) is 0 Å². The van der Waals surface area contributed by atoms with Gasteiger partial charge in [0.2, 0.25) is 0 Å². The predicted molar refractivity (Wildman–Crippen MR) is 57.8 cm³/mol. The highest BCUT2D eigenvalue weighted by atomic mass is 127. The van der Waals surface area contributed by atoms with Crippen molar-refractivity contribution in [2.45, 2.75) is 0 Å². The molecule has 56 valence electrons. The maximum Gasteiger partial charge on any atom is 0.128 e. The minimum absolute atomic E-state index is 1.01. The van der Waals surface area contributed by atoms with Gasteiger partial charge < -0.3 is 0 Å². The average molecular weight is 341 g/mol. The maximum absolute atomic E-state index is 4.14. The summed E-state index contributed by atoms with van der Waals surface area (Å²) in [5.74, 6) is 0. The molecule has 0 saturated heterocycles. The molecule has 2 heterocycles. The molecule has 0 aliphatic rings. The second-order valence-corrected chi connectivity index (χ2v) is 5.37. The van der Waals surface area contributed by atoms with Crippen molar-refractivity contribution in [3.05, 3.63) is 19.9 Å². The van der Waals surface area contributed by atoms with Crippen molar-refractivity contribution >= 4 is 60.1 Å². The van der Waals surface area contributed by atoms with Crippen LogP contribution >= 0.6 is 49.9 Å². The van der Waals surface area contributed by atoms with Crippen LogP contribution in [0.4, 0.5) is 0 Å². The lowest BCUT2D eigenvalue weighted by Gasteiger charge is -1.88. The van der Waals surface area contributed by atoms with E-state index in [0.717, 1.165) is 17.7 Å². The van der Waals surface area contributed by atoms with Gasteiger partial charge in [0.25, 0.3) is 0 Å².